The zero-order valence-electron chi connectivity index (χ0n) is 9.60. The standard InChI is InChI=1S/C11H20N2OS/c1-4-8(2)10(5-14)13-9(3)11-6-15-7-12-11/h6-10,13-14H,4-5H2,1-3H3. The molecule has 0 amide bonds. The number of aliphatic hydroxyl groups is 1. The van der Waals surface area contributed by atoms with Gasteiger partial charge in [-0.25, -0.2) is 4.98 Å². The second kappa shape index (κ2) is 6.20. The van der Waals surface area contributed by atoms with E-state index in [1.54, 1.807) is 11.3 Å². The fraction of sp³-hybridized carbons (Fsp3) is 0.727. The maximum atomic E-state index is 9.29. The molecule has 15 heavy (non-hydrogen) atoms. The lowest BCUT2D eigenvalue weighted by atomic mass is 9.99. The summed E-state index contributed by atoms with van der Waals surface area (Å²) in [5.74, 6) is 0.482. The Bertz CT molecular complexity index is 264. The smallest absolute Gasteiger partial charge is 0.0795 e. The topological polar surface area (TPSA) is 45.1 Å². The number of nitrogens with zero attached hydrogens (tertiary/aromatic N) is 1. The summed E-state index contributed by atoms with van der Waals surface area (Å²) in [6.45, 7) is 6.56. The first kappa shape index (κ1) is 12.6. The monoisotopic (exact) mass is 228 g/mol. The molecule has 0 bridgehead atoms. The number of aromatic nitrogens is 1. The lowest BCUT2D eigenvalue weighted by molar-refractivity contribution is 0.192. The molecule has 0 radical (unpaired) electrons. The average Bonchev–Trinajstić information content (AvgIpc) is 2.77. The van der Waals surface area contributed by atoms with Gasteiger partial charge in [0.15, 0.2) is 0 Å². The molecule has 0 aliphatic rings. The van der Waals surface area contributed by atoms with Gasteiger partial charge in [-0.3, -0.25) is 0 Å². The lowest BCUT2D eigenvalue weighted by Crippen LogP contribution is -2.39. The van der Waals surface area contributed by atoms with E-state index in [0.29, 0.717) is 5.92 Å². The average molecular weight is 228 g/mol. The quantitative estimate of drug-likeness (QED) is 0.784. The molecule has 1 rings (SSSR count). The van der Waals surface area contributed by atoms with Gasteiger partial charge >= 0.3 is 0 Å². The van der Waals surface area contributed by atoms with Crippen molar-refractivity contribution in [2.24, 2.45) is 5.92 Å². The van der Waals surface area contributed by atoms with Gasteiger partial charge in [0.05, 0.1) is 17.8 Å². The highest BCUT2D eigenvalue weighted by atomic mass is 32.1. The number of aliphatic hydroxyl groups excluding tert-OH is 1. The Kier molecular flexibility index (Phi) is 5.22. The van der Waals surface area contributed by atoms with Crippen LogP contribution < -0.4 is 5.32 Å². The van der Waals surface area contributed by atoms with Crippen LogP contribution in [0.2, 0.25) is 0 Å². The minimum Gasteiger partial charge on any atom is -0.395 e. The molecule has 4 heteroatoms. The molecular weight excluding hydrogens is 208 g/mol. The highest BCUT2D eigenvalue weighted by Gasteiger charge is 2.18. The molecule has 86 valence electrons. The second-order valence-corrected chi connectivity index (χ2v) is 4.69. The fourth-order valence-electron chi connectivity index (χ4n) is 1.52. The predicted molar refractivity (Wildman–Crippen MR) is 64.0 cm³/mol. The number of hydrogen-bond acceptors (Lipinski definition) is 4. The summed E-state index contributed by atoms with van der Waals surface area (Å²) >= 11 is 1.60. The molecule has 3 atom stereocenters. The van der Waals surface area contributed by atoms with Crippen molar-refractivity contribution in [2.75, 3.05) is 6.61 Å². The van der Waals surface area contributed by atoms with Crippen molar-refractivity contribution in [3.63, 3.8) is 0 Å². The van der Waals surface area contributed by atoms with E-state index >= 15 is 0 Å². The summed E-state index contributed by atoms with van der Waals surface area (Å²) in [4.78, 5) is 4.26. The molecule has 3 unspecified atom stereocenters. The van der Waals surface area contributed by atoms with Crippen LogP contribution in [0.15, 0.2) is 10.9 Å². The van der Waals surface area contributed by atoms with Crippen molar-refractivity contribution in [1.82, 2.24) is 10.3 Å². The first-order valence-corrected chi connectivity index (χ1v) is 6.38. The van der Waals surface area contributed by atoms with Crippen molar-refractivity contribution in [3.8, 4) is 0 Å². The van der Waals surface area contributed by atoms with E-state index in [0.717, 1.165) is 12.1 Å². The molecular formula is C11H20N2OS. The third-order valence-corrected chi connectivity index (χ3v) is 3.49. The van der Waals surface area contributed by atoms with Crippen molar-refractivity contribution in [1.29, 1.82) is 0 Å². The molecule has 1 aromatic rings. The van der Waals surface area contributed by atoms with Gasteiger partial charge in [-0.15, -0.1) is 11.3 Å². The van der Waals surface area contributed by atoms with Gasteiger partial charge in [0.25, 0.3) is 0 Å². The molecule has 1 aromatic heterocycles. The molecule has 0 spiro atoms. The SMILES string of the molecule is CCC(C)C(CO)NC(C)c1cscn1. The maximum Gasteiger partial charge on any atom is 0.0795 e. The Balaban J connectivity index is 2.52. The number of rotatable bonds is 6. The van der Waals surface area contributed by atoms with E-state index in [1.165, 1.54) is 0 Å². The number of thiazole rings is 1. The first-order valence-electron chi connectivity index (χ1n) is 5.44. The van der Waals surface area contributed by atoms with E-state index in [9.17, 15) is 5.11 Å². The van der Waals surface area contributed by atoms with Crippen molar-refractivity contribution >= 4 is 11.3 Å². The number of nitrogens with one attached hydrogen (secondary N) is 1. The molecule has 0 saturated carbocycles. The van der Waals surface area contributed by atoms with Gasteiger partial charge in [-0.05, 0) is 12.8 Å². The summed E-state index contributed by atoms with van der Waals surface area (Å²) in [5, 5.41) is 14.8. The van der Waals surface area contributed by atoms with Crippen molar-refractivity contribution in [3.05, 3.63) is 16.6 Å². The summed E-state index contributed by atoms with van der Waals surface area (Å²) in [7, 11) is 0. The normalized spacial score (nSPS) is 17.3. The summed E-state index contributed by atoms with van der Waals surface area (Å²) < 4.78 is 0. The van der Waals surface area contributed by atoms with Crippen LogP contribution in [0.5, 0.6) is 0 Å². The van der Waals surface area contributed by atoms with E-state index in [1.807, 2.05) is 10.9 Å². The summed E-state index contributed by atoms with van der Waals surface area (Å²) in [5.41, 5.74) is 2.90. The van der Waals surface area contributed by atoms with E-state index < -0.39 is 0 Å². The summed E-state index contributed by atoms with van der Waals surface area (Å²) in [6.07, 6.45) is 1.07. The van der Waals surface area contributed by atoms with Crippen LogP contribution in [-0.2, 0) is 0 Å². The van der Waals surface area contributed by atoms with Crippen LogP contribution in [0.4, 0.5) is 0 Å². The molecule has 1 heterocycles. The van der Waals surface area contributed by atoms with Crippen LogP contribution in [0.25, 0.3) is 0 Å². The van der Waals surface area contributed by atoms with Crippen LogP contribution >= 0.6 is 11.3 Å². The molecule has 0 fully saturated rings. The second-order valence-electron chi connectivity index (χ2n) is 3.98. The third kappa shape index (κ3) is 3.55. The fourth-order valence-corrected chi connectivity index (χ4v) is 2.17. The minimum absolute atomic E-state index is 0.159. The first-order chi connectivity index (χ1) is 7.19. The molecule has 3 nitrogen and oxygen atoms in total. The van der Waals surface area contributed by atoms with Crippen LogP contribution in [0.1, 0.15) is 38.9 Å². The van der Waals surface area contributed by atoms with Crippen LogP contribution in [0.3, 0.4) is 0 Å². The van der Waals surface area contributed by atoms with Crippen molar-refractivity contribution in [2.45, 2.75) is 39.3 Å². The molecule has 0 aromatic carbocycles. The third-order valence-electron chi connectivity index (χ3n) is 2.89. The van der Waals surface area contributed by atoms with E-state index in [4.69, 9.17) is 0 Å². The Labute approximate surface area is 95.6 Å². The van der Waals surface area contributed by atoms with Gasteiger partial charge in [-0.2, -0.15) is 0 Å². The zero-order valence-corrected chi connectivity index (χ0v) is 10.4. The van der Waals surface area contributed by atoms with Gasteiger partial charge < -0.3 is 10.4 Å². The minimum atomic E-state index is 0.159. The highest BCUT2D eigenvalue weighted by Crippen LogP contribution is 2.16. The molecule has 2 N–H and O–H groups in total. The Morgan fingerprint density at radius 2 is 2.27 bits per heavy atom. The van der Waals surface area contributed by atoms with Gasteiger partial charge in [-0.1, -0.05) is 20.3 Å². The molecule has 0 aliphatic carbocycles. The largest absolute Gasteiger partial charge is 0.395 e. The predicted octanol–water partition coefficient (Wildman–Crippen LogP) is 2.20. The van der Waals surface area contributed by atoms with E-state index in [2.05, 4.69) is 31.1 Å². The van der Waals surface area contributed by atoms with Crippen molar-refractivity contribution < 1.29 is 5.11 Å². The maximum absolute atomic E-state index is 9.29. The summed E-state index contributed by atoms with van der Waals surface area (Å²) in [6, 6.07) is 0.370. The van der Waals surface area contributed by atoms with Crippen LogP contribution in [0, 0.1) is 5.92 Å². The van der Waals surface area contributed by atoms with Gasteiger partial charge in [0.2, 0.25) is 0 Å². The Morgan fingerprint density at radius 3 is 2.73 bits per heavy atom. The highest BCUT2D eigenvalue weighted by molar-refractivity contribution is 7.07. The van der Waals surface area contributed by atoms with Gasteiger partial charge in [0, 0.05) is 17.5 Å². The molecule has 0 saturated heterocycles. The Morgan fingerprint density at radius 1 is 1.53 bits per heavy atom. The Hall–Kier alpha value is -0.450. The number of hydrogen-bond donors (Lipinski definition) is 2. The lowest BCUT2D eigenvalue weighted by Gasteiger charge is -2.25. The van der Waals surface area contributed by atoms with E-state index in [-0.39, 0.29) is 18.7 Å². The molecule has 0 aliphatic heterocycles. The van der Waals surface area contributed by atoms with Crippen LogP contribution in [-0.4, -0.2) is 22.7 Å². The van der Waals surface area contributed by atoms with Gasteiger partial charge in [0.1, 0.15) is 0 Å². The zero-order chi connectivity index (χ0) is 11.3.